The van der Waals surface area contributed by atoms with Crippen molar-refractivity contribution in [1.29, 1.82) is 0 Å². The molecule has 1 heterocycles. The minimum Gasteiger partial charge on any atom is -0.493 e. The molecule has 0 amide bonds. The van der Waals surface area contributed by atoms with E-state index in [1.165, 1.54) is 7.11 Å². The zero-order chi connectivity index (χ0) is 16.9. The van der Waals surface area contributed by atoms with Crippen molar-refractivity contribution >= 4 is 6.29 Å². The van der Waals surface area contributed by atoms with Gasteiger partial charge in [0.1, 0.15) is 6.61 Å². The first-order chi connectivity index (χ1) is 11.7. The fourth-order valence-electron chi connectivity index (χ4n) is 2.28. The SMILES string of the molecule is COc1cc(C=O)c(-c2noc(C)n2)cc1OCc1ccccc1. The van der Waals surface area contributed by atoms with Crippen molar-refractivity contribution in [1.82, 2.24) is 10.1 Å². The van der Waals surface area contributed by atoms with Crippen LogP contribution in [0.15, 0.2) is 47.0 Å². The smallest absolute Gasteiger partial charge is 0.223 e. The lowest BCUT2D eigenvalue weighted by atomic mass is 10.1. The Morgan fingerprint density at radius 3 is 2.58 bits per heavy atom. The second kappa shape index (κ2) is 6.95. The molecule has 0 N–H and O–H groups in total. The Morgan fingerprint density at radius 2 is 1.96 bits per heavy atom. The molecule has 122 valence electrons. The molecular weight excluding hydrogens is 308 g/mol. The van der Waals surface area contributed by atoms with Crippen LogP contribution in [0.5, 0.6) is 11.5 Å². The van der Waals surface area contributed by atoms with E-state index in [1.54, 1.807) is 19.1 Å². The molecule has 0 saturated heterocycles. The monoisotopic (exact) mass is 324 g/mol. The number of carbonyl (C=O) groups is 1. The number of aromatic nitrogens is 2. The molecular formula is C18H16N2O4. The highest BCUT2D eigenvalue weighted by molar-refractivity contribution is 5.87. The highest BCUT2D eigenvalue weighted by Gasteiger charge is 2.16. The summed E-state index contributed by atoms with van der Waals surface area (Å²) in [4.78, 5) is 15.6. The second-order valence-electron chi connectivity index (χ2n) is 5.12. The van der Waals surface area contributed by atoms with E-state index < -0.39 is 0 Å². The average Bonchev–Trinajstić information content (AvgIpc) is 3.06. The van der Waals surface area contributed by atoms with Gasteiger partial charge in [-0.3, -0.25) is 4.79 Å². The molecule has 0 atom stereocenters. The molecule has 2 aromatic carbocycles. The maximum absolute atomic E-state index is 11.4. The number of methoxy groups -OCH3 is 1. The molecule has 0 aliphatic heterocycles. The van der Waals surface area contributed by atoms with Crippen LogP contribution in [0.3, 0.4) is 0 Å². The van der Waals surface area contributed by atoms with Crippen LogP contribution in [0.1, 0.15) is 21.8 Å². The van der Waals surface area contributed by atoms with Crippen LogP contribution in [0.4, 0.5) is 0 Å². The second-order valence-corrected chi connectivity index (χ2v) is 5.12. The van der Waals surface area contributed by atoms with Crippen molar-refractivity contribution in [2.24, 2.45) is 0 Å². The van der Waals surface area contributed by atoms with Gasteiger partial charge in [-0.25, -0.2) is 0 Å². The number of benzene rings is 2. The van der Waals surface area contributed by atoms with Crippen LogP contribution in [0.2, 0.25) is 0 Å². The van der Waals surface area contributed by atoms with E-state index in [2.05, 4.69) is 10.1 Å². The van der Waals surface area contributed by atoms with Crippen molar-refractivity contribution in [3.05, 3.63) is 59.5 Å². The first kappa shape index (κ1) is 15.7. The first-order valence-electron chi connectivity index (χ1n) is 7.36. The Kier molecular flexibility index (Phi) is 4.56. The summed E-state index contributed by atoms with van der Waals surface area (Å²) in [7, 11) is 1.53. The van der Waals surface area contributed by atoms with Crippen LogP contribution in [-0.2, 0) is 6.61 Å². The molecule has 0 unspecified atom stereocenters. The van der Waals surface area contributed by atoms with E-state index in [-0.39, 0.29) is 0 Å². The summed E-state index contributed by atoms with van der Waals surface area (Å²) in [5.41, 5.74) is 1.96. The summed E-state index contributed by atoms with van der Waals surface area (Å²) in [5, 5.41) is 3.87. The molecule has 6 heteroatoms. The fourth-order valence-corrected chi connectivity index (χ4v) is 2.28. The molecule has 0 aliphatic carbocycles. The number of nitrogens with zero attached hydrogens (tertiary/aromatic N) is 2. The molecule has 0 aliphatic rings. The van der Waals surface area contributed by atoms with Gasteiger partial charge < -0.3 is 14.0 Å². The number of hydrogen-bond acceptors (Lipinski definition) is 6. The van der Waals surface area contributed by atoms with Crippen molar-refractivity contribution in [3.8, 4) is 22.9 Å². The van der Waals surface area contributed by atoms with Crippen LogP contribution in [0, 0.1) is 6.92 Å². The van der Waals surface area contributed by atoms with Gasteiger partial charge in [0.25, 0.3) is 0 Å². The molecule has 1 aromatic heterocycles. The van der Waals surface area contributed by atoms with Gasteiger partial charge >= 0.3 is 0 Å². The van der Waals surface area contributed by atoms with Gasteiger partial charge in [-0.1, -0.05) is 35.5 Å². The molecule has 0 bridgehead atoms. The Hall–Kier alpha value is -3.15. The van der Waals surface area contributed by atoms with Crippen LogP contribution >= 0.6 is 0 Å². The van der Waals surface area contributed by atoms with Crippen LogP contribution in [-0.4, -0.2) is 23.5 Å². The van der Waals surface area contributed by atoms with Crippen molar-refractivity contribution in [3.63, 3.8) is 0 Å². The predicted octanol–water partition coefficient (Wildman–Crippen LogP) is 3.45. The Balaban J connectivity index is 1.96. The Bertz CT molecular complexity index is 843. The summed E-state index contributed by atoms with van der Waals surface area (Å²) in [6.45, 7) is 2.07. The minimum atomic E-state index is 0.335. The van der Waals surface area contributed by atoms with E-state index in [0.29, 0.717) is 40.9 Å². The maximum Gasteiger partial charge on any atom is 0.223 e. The zero-order valence-electron chi connectivity index (χ0n) is 13.4. The molecule has 0 radical (unpaired) electrons. The summed E-state index contributed by atoms with van der Waals surface area (Å²) in [5.74, 6) is 1.73. The molecule has 24 heavy (non-hydrogen) atoms. The number of ether oxygens (including phenoxy) is 2. The minimum absolute atomic E-state index is 0.335. The quantitative estimate of drug-likeness (QED) is 0.647. The predicted molar refractivity (Wildman–Crippen MR) is 87.2 cm³/mol. The number of rotatable bonds is 6. The third-order valence-electron chi connectivity index (χ3n) is 3.47. The molecule has 0 saturated carbocycles. The van der Waals surface area contributed by atoms with Gasteiger partial charge in [0, 0.05) is 18.1 Å². The standard InChI is InChI=1S/C18H16N2O4/c1-12-19-18(20-24-12)15-9-17(16(22-2)8-14(15)10-21)23-11-13-6-4-3-5-7-13/h3-10H,11H2,1-2H3. The molecule has 0 fully saturated rings. The van der Waals surface area contributed by atoms with Gasteiger partial charge in [-0.15, -0.1) is 0 Å². The summed E-state index contributed by atoms with van der Waals surface area (Å²) < 4.78 is 16.2. The lowest BCUT2D eigenvalue weighted by Crippen LogP contribution is -2.00. The lowest BCUT2D eigenvalue weighted by molar-refractivity contribution is 0.112. The highest BCUT2D eigenvalue weighted by Crippen LogP contribution is 2.34. The largest absolute Gasteiger partial charge is 0.493 e. The van der Waals surface area contributed by atoms with Crippen molar-refractivity contribution in [2.45, 2.75) is 13.5 Å². The number of carbonyl (C=O) groups excluding carboxylic acids is 1. The molecule has 6 nitrogen and oxygen atoms in total. The van der Waals surface area contributed by atoms with Crippen molar-refractivity contribution in [2.75, 3.05) is 7.11 Å². The normalized spacial score (nSPS) is 10.4. The summed E-state index contributed by atoms with van der Waals surface area (Å²) >= 11 is 0. The Labute approximate surface area is 139 Å². The topological polar surface area (TPSA) is 74.5 Å². The first-order valence-corrected chi connectivity index (χ1v) is 7.36. The van der Waals surface area contributed by atoms with E-state index in [9.17, 15) is 4.79 Å². The zero-order valence-corrected chi connectivity index (χ0v) is 13.4. The fraction of sp³-hybridized carbons (Fsp3) is 0.167. The van der Waals surface area contributed by atoms with Gasteiger partial charge in [-0.2, -0.15) is 4.98 Å². The molecule has 3 aromatic rings. The average molecular weight is 324 g/mol. The Morgan fingerprint density at radius 1 is 1.17 bits per heavy atom. The van der Waals surface area contributed by atoms with E-state index in [0.717, 1.165) is 11.8 Å². The van der Waals surface area contributed by atoms with Gasteiger partial charge in [-0.05, 0) is 17.7 Å². The molecule has 0 spiro atoms. The van der Waals surface area contributed by atoms with Gasteiger partial charge in [0.05, 0.1) is 7.11 Å². The van der Waals surface area contributed by atoms with E-state index in [4.69, 9.17) is 14.0 Å². The number of aldehydes is 1. The number of aryl methyl sites for hydroxylation is 1. The van der Waals surface area contributed by atoms with Crippen LogP contribution in [0.25, 0.3) is 11.4 Å². The summed E-state index contributed by atoms with van der Waals surface area (Å²) in [6.07, 6.45) is 0.727. The highest BCUT2D eigenvalue weighted by atomic mass is 16.5. The third kappa shape index (κ3) is 3.27. The van der Waals surface area contributed by atoms with E-state index in [1.807, 2.05) is 30.3 Å². The van der Waals surface area contributed by atoms with Gasteiger partial charge in [0.2, 0.25) is 11.7 Å². The van der Waals surface area contributed by atoms with Crippen molar-refractivity contribution < 1.29 is 18.8 Å². The third-order valence-corrected chi connectivity index (χ3v) is 3.47. The van der Waals surface area contributed by atoms with Gasteiger partial charge in [0.15, 0.2) is 17.8 Å². The van der Waals surface area contributed by atoms with E-state index >= 15 is 0 Å². The van der Waals surface area contributed by atoms with Crippen LogP contribution < -0.4 is 9.47 Å². The lowest BCUT2D eigenvalue weighted by Gasteiger charge is -2.13. The summed E-state index contributed by atoms with van der Waals surface area (Å²) in [6, 6.07) is 13.1. The maximum atomic E-state index is 11.4. The number of hydrogen-bond donors (Lipinski definition) is 0. The molecule has 3 rings (SSSR count).